The van der Waals surface area contributed by atoms with Crippen LogP contribution in [0, 0.1) is 0 Å². The van der Waals surface area contributed by atoms with Gasteiger partial charge in [-0.05, 0) is 12.8 Å². The Morgan fingerprint density at radius 1 is 0.867 bits per heavy atom. The third-order valence-corrected chi connectivity index (χ3v) is 1.23. The molecule has 0 amide bonds. The number of hydrogen-bond acceptors (Lipinski definition) is 7. The monoisotopic (exact) mass is 268 g/mol. The van der Waals surface area contributed by atoms with Crippen LogP contribution in [0.25, 0.3) is 0 Å². The predicted molar refractivity (Wildman–Crippen MR) is 38.5 cm³/mol. The minimum atomic E-state index is -3.22. The van der Waals surface area contributed by atoms with Crippen molar-refractivity contribution in [3.63, 3.8) is 0 Å². The zero-order valence-electron chi connectivity index (χ0n) is 7.69. The molecule has 0 radical (unpaired) electrons. The van der Waals surface area contributed by atoms with Crippen molar-refractivity contribution < 1.29 is 34.8 Å². The molecule has 15 heavy (non-hydrogen) atoms. The van der Waals surface area contributed by atoms with Gasteiger partial charge in [-0.2, -0.15) is 0 Å². The molecule has 0 unspecified atom stereocenters. The number of carboxylic acids is 3. The van der Waals surface area contributed by atoms with Gasteiger partial charge in [-0.1, -0.05) is 5.60 Å². The maximum atomic E-state index is 10.9. The predicted octanol–water partition coefficient (Wildman–Crippen LogP) is -6.65. The van der Waals surface area contributed by atoms with Gasteiger partial charge in [0.2, 0.25) is 0 Å². The molecule has 0 aromatic heterocycles. The van der Waals surface area contributed by atoms with E-state index in [0.717, 1.165) is 0 Å². The van der Waals surface area contributed by atoms with Crippen molar-refractivity contribution in [2.24, 2.45) is 0 Å². The van der Waals surface area contributed by atoms with Gasteiger partial charge in [0.15, 0.2) is 0 Å². The van der Waals surface area contributed by atoms with Crippen LogP contribution in [0.5, 0.6) is 0 Å². The second kappa shape index (κ2) is 8.98. The quantitative estimate of drug-likeness (QED) is 0.451. The minimum Gasteiger partial charge on any atom is -0.845 e. The molecule has 0 heterocycles. The first-order chi connectivity index (χ1) is 5.78. The summed E-state index contributed by atoms with van der Waals surface area (Å²) in [5, 5.41) is 40.8. The van der Waals surface area contributed by atoms with Crippen molar-refractivity contribution in [1.29, 1.82) is 0 Å². The molecule has 0 bridgehead atoms. The molecular weight excluding hydrogens is 264 g/mol. The zero-order chi connectivity index (χ0) is 10.6. The number of carbonyl (C=O) groups excluding carboxylic acids is 3. The molecular formula is C6H4Ca2O7. The van der Waals surface area contributed by atoms with Gasteiger partial charge in [-0.15, -0.1) is 0 Å². The Hall–Kier alpha value is 0.889. The summed E-state index contributed by atoms with van der Waals surface area (Å²) in [6, 6.07) is 0. The zero-order valence-corrected chi connectivity index (χ0v) is 12.1. The molecule has 0 saturated carbocycles. The molecule has 0 atom stereocenters. The fourth-order valence-electron chi connectivity index (χ4n) is 0.673. The molecule has 0 rings (SSSR count). The van der Waals surface area contributed by atoms with E-state index in [0.29, 0.717) is 0 Å². The molecule has 0 aliphatic carbocycles. The van der Waals surface area contributed by atoms with E-state index >= 15 is 0 Å². The maximum Gasteiger partial charge on any atom is 2.00 e. The van der Waals surface area contributed by atoms with Crippen LogP contribution in [0.2, 0.25) is 0 Å². The molecule has 0 aliphatic heterocycles. The first kappa shape index (κ1) is 21.2. The van der Waals surface area contributed by atoms with Gasteiger partial charge in [0.25, 0.3) is 0 Å². The van der Waals surface area contributed by atoms with E-state index in [1.807, 2.05) is 0 Å². The second-order valence-corrected chi connectivity index (χ2v) is 2.38. The minimum absolute atomic E-state index is 0. The van der Waals surface area contributed by atoms with Gasteiger partial charge >= 0.3 is 75.5 Å². The van der Waals surface area contributed by atoms with Crippen LogP contribution in [0.15, 0.2) is 0 Å². The summed E-state index contributed by atoms with van der Waals surface area (Å²) in [4.78, 5) is 29.9. The number of rotatable bonds is 5. The van der Waals surface area contributed by atoms with Crippen LogP contribution >= 0.6 is 0 Å². The topological polar surface area (TPSA) is 143 Å². The van der Waals surface area contributed by atoms with Gasteiger partial charge in [-0.3, -0.25) is 0 Å². The summed E-state index contributed by atoms with van der Waals surface area (Å²) in [5.74, 6) is -6.22. The van der Waals surface area contributed by atoms with Crippen LogP contribution in [0.1, 0.15) is 12.8 Å². The summed E-state index contributed by atoms with van der Waals surface area (Å²) in [7, 11) is 0. The van der Waals surface area contributed by atoms with Crippen molar-refractivity contribution in [2.45, 2.75) is 18.4 Å². The third kappa shape index (κ3) is 8.67. The van der Waals surface area contributed by atoms with E-state index in [2.05, 4.69) is 0 Å². The van der Waals surface area contributed by atoms with Gasteiger partial charge in [0.05, 0.1) is 0 Å². The normalized spacial score (nSPS) is 9.40. The largest absolute Gasteiger partial charge is 2.00 e. The molecule has 0 fully saturated rings. The standard InChI is InChI=1S/C6H7O7.2Ca/c7-3(8)1-6(13,5(11)12)2-4(9)10;;/h1-2H2,(H,7,8)(H,9,10)(H,11,12);;/q-1;2*+2/p-3. The molecule has 0 N–H and O–H groups in total. The molecule has 7 nitrogen and oxygen atoms in total. The Bertz CT molecular complexity index is 236. The van der Waals surface area contributed by atoms with Crippen LogP contribution in [-0.4, -0.2) is 99.0 Å². The van der Waals surface area contributed by atoms with Crippen LogP contribution in [0.3, 0.4) is 0 Å². The Kier molecular flexibility index (Phi) is 12.7. The van der Waals surface area contributed by atoms with Crippen molar-refractivity contribution in [3.8, 4) is 0 Å². The Labute approximate surface area is 144 Å². The first-order valence-corrected chi connectivity index (χ1v) is 3.09. The van der Waals surface area contributed by atoms with Crippen molar-refractivity contribution in [3.05, 3.63) is 0 Å². The Morgan fingerprint density at radius 3 is 1.27 bits per heavy atom. The van der Waals surface area contributed by atoms with Gasteiger partial charge < -0.3 is 34.8 Å². The van der Waals surface area contributed by atoms with Crippen LogP contribution in [0.4, 0.5) is 0 Å². The molecule has 0 spiro atoms. The van der Waals surface area contributed by atoms with E-state index in [1.165, 1.54) is 0 Å². The summed E-state index contributed by atoms with van der Waals surface area (Å²) < 4.78 is 0. The molecule has 0 aromatic rings. The average Bonchev–Trinajstić information content (AvgIpc) is 1.82. The molecule has 9 heteroatoms. The van der Waals surface area contributed by atoms with Gasteiger partial charge in [0, 0.05) is 17.9 Å². The summed E-state index contributed by atoms with van der Waals surface area (Å²) in [6.45, 7) is 0. The van der Waals surface area contributed by atoms with E-state index < -0.39 is 36.4 Å². The Balaban J connectivity index is -0.000000720. The van der Waals surface area contributed by atoms with Crippen molar-refractivity contribution >= 4 is 93.4 Å². The molecule has 0 aliphatic rings. The average molecular weight is 268 g/mol. The summed E-state index contributed by atoms with van der Waals surface area (Å²) >= 11 is 0. The first-order valence-electron chi connectivity index (χ1n) is 3.09. The van der Waals surface area contributed by atoms with Crippen molar-refractivity contribution in [2.75, 3.05) is 0 Å². The fraction of sp³-hybridized carbons (Fsp3) is 0.500. The van der Waals surface area contributed by atoms with Crippen LogP contribution in [-0.2, 0) is 14.4 Å². The van der Waals surface area contributed by atoms with E-state index in [1.54, 1.807) is 0 Å². The van der Waals surface area contributed by atoms with Crippen molar-refractivity contribution in [1.82, 2.24) is 0 Å². The van der Waals surface area contributed by atoms with Crippen LogP contribution < -0.4 is 20.4 Å². The molecule has 0 aromatic carbocycles. The maximum absolute atomic E-state index is 10.9. The van der Waals surface area contributed by atoms with E-state index in [-0.39, 0.29) is 75.5 Å². The fourth-order valence-corrected chi connectivity index (χ4v) is 0.673. The molecule has 0 saturated heterocycles. The smallest absolute Gasteiger partial charge is 0.845 e. The molecule has 74 valence electrons. The number of aliphatic carboxylic acids is 3. The SMILES string of the molecule is O=C([O-])CC([O-])(CC(=O)[O-])C(=O)[O-].[Ca+2].[Ca+2]. The number of carbonyl (C=O) groups is 3. The van der Waals surface area contributed by atoms with Gasteiger partial charge in [0.1, 0.15) is 0 Å². The number of carboxylic acid groups (broad SMARTS) is 3. The number of hydrogen-bond donors (Lipinski definition) is 0. The second-order valence-electron chi connectivity index (χ2n) is 2.38. The van der Waals surface area contributed by atoms with E-state index in [9.17, 15) is 34.8 Å². The van der Waals surface area contributed by atoms with Gasteiger partial charge in [-0.25, -0.2) is 0 Å². The van der Waals surface area contributed by atoms with E-state index in [4.69, 9.17) is 0 Å². The summed E-state index contributed by atoms with van der Waals surface area (Å²) in [5.41, 5.74) is -3.22. The Morgan fingerprint density at radius 2 is 1.13 bits per heavy atom. The third-order valence-electron chi connectivity index (χ3n) is 1.23. The summed E-state index contributed by atoms with van der Waals surface area (Å²) in [6.07, 6.45) is -2.94.